The highest BCUT2D eigenvalue weighted by Crippen LogP contribution is 2.34. The number of hydrogen-bond donors (Lipinski definition) is 2. The van der Waals surface area contributed by atoms with E-state index >= 15 is 0 Å². The molecule has 3 aromatic rings. The summed E-state index contributed by atoms with van der Waals surface area (Å²) in [5.74, 6) is -0.415. The molecule has 2 N–H and O–H groups in total. The summed E-state index contributed by atoms with van der Waals surface area (Å²) in [6, 6.07) is 18.9. The van der Waals surface area contributed by atoms with Crippen LogP contribution >= 0.6 is 0 Å². The van der Waals surface area contributed by atoms with Gasteiger partial charge in [-0.25, -0.2) is 0 Å². The van der Waals surface area contributed by atoms with Gasteiger partial charge in [-0.05, 0) is 83.8 Å². The second-order valence-corrected chi connectivity index (χ2v) is 9.22. The molecule has 1 unspecified atom stereocenters. The van der Waals surface area contributed by atoms with Crippen molar-refractivity contribution >= 4 is 11.7 Å². The summed E-state index contributed by atoms with van der Waals surface area (Å²) in [7, 11) is 1.70. The molecule has 3 aromatic carbocycles. The lowest BCUT2D eigenvalue weighted by Crippen LogP contribution is -2.19. The number of carboxylic acid groups (broad SMARTS) is 1. The zero-order valence-electron chi connectivity index (χ0n) is 20.4. The highest BCUT2D eigenvalue weighted by molar-refractivity contribution is 5.73. The van der Waals surface area contributed by atoms with Gasteiger partial charge in [-0.15, -0.1) is 0 Å². The Balaban J connectivity index is 1.60. The number of rotatable bonds is 9. The van der Waals surface area contributed by atoms with Crippen molar-refractivity contribution < 1.29 is 19.4 Å². The van der Waals surface area contributed by atoms with Crippen LogP contribution in [0.15, 0.2) is 54.6 Å². The van der Waals surface area contributed by atoms with E-state index in [4.69, 9.17) is 9.47 Å². The van der Waals surface area contributed by atoms with Crippen LogP contribution in [0.4, 0.5) is 5.69 Å². The van der Waals surface area contributed by atoms with Gasteiger partial charge in [0.25, 0.3) is 0 Å². The summed E-state index contributed by atoms with van der Waals surface area (Å²) in [4.78, 5) is 11.2. The molecular weight excluding hydrogens is 426 g/mol. The van der Waals surface area contributed by atoms with Crippen LogP contribution < -0.4 is 10.1 Å². The Morgan fingerprint density at radius 2 is 1.79 bits per heavy atom. The first kappa shape index (κ1) is 23.8. The van der Waals surface area contributed by atoms with E-state index in [2.05, 4.69) is 67.7 Å². The Hall–Kier alpha value is -3.31. The molecule has 0 saturated carbocycles. The van der Waals surface area contributed by atoms with E-state index in [0.717, 1.165) is 46.5 Å². The fraction of sp³-hybridized carbons (Fsp3) is 0.345. The topological polar surface area (TPSA) is 67.8 Å². The number of fused-ring (bicyclic) bond motifs is 1. The predicted octanol–water partition coefficient (Wildman–Crippen LogP) is 5.80. The summed E-state index contributed by atoms with van der Waals surface area (Å²) in [6.45, 7) is 6.71. The molecule has 5 nitrogen and oxygen atoms in total. The molecule has 0 saturated heterocycles. The van der Waals surface area contributed by atoms with Crippen molar-refractivity contribution in [2.45, 2.75) is 46.3 Å². The lowest BCUT2D eigenvalue weighted by molar-refractivity contribution is -0.140. The summed E-state index contributed by atoms with van der Waals surface area (Å²) in [5, 5.41) is 12.5. The fourth-order valence-electron chi connectivity index (χ4n) is 4.50. The number of nitrogens with one attached hydrogen (secondary N) is 1. The van der Waals surface area contributed by atoms with Crippen LogP contribution in [0.1, 0.15) is 34.7 Å². The summed E-state index contributed by atoms with van der Waals surface area (Å²) >= 11 is 0. The minimum atomic E-state index is -0.810. The van der Waals surface area contributed by atoms with Crippen LogP contribution in [0.5, 0.6) is 5.75 Å². The fourth-order valence-corrected chi connectivity index (χ4v) is 4.50. The lowest BCUT2D eigenvalue weighted by atomic mass is 9.95. The molecule has 4 rings (SSSR count). The zero-order chi connectivity index (χ0) is 24.2. The molecule has 0 aromatic heterocycles. The maximum Gasteiger partial charge on any atom is 0.308 e. The average Bonchev–Trinajstić information content (AvgIpc) is 3.26. The minimum absolute atomic E-state index is 0.156. The largest absolute Gasteiger partial charge is 0.496 e. The van der Waals surface area contributed by atoms with Crippen molar-refractivity contribution in [1.82, 2.24) is 0 Å². The van der Waals surface area contributed by atoms with Gasteiger partial charge in [-0.3, -0.25) is 4.79 Å². The molecule has 0 radical (unpaired) electrons. The van der Waals surface area contributed by atoms with E-state index in [9.17, 15) is 9.90 Å². The number of carbonyl (C=O) groups is 1. The molecule has 1 aliphatic rings. The zero-order valence-corrected chi connectivity index (χ0v) is 20.4. The van der Waals surface area contributed by atoms with Crippen LogP contribution in [-0.2, 0) is 29.0 Å². The Labute approximate surface area is 201 Å². The van der Waals surface area contributed by atoms with Crippen LogP contribution in [0, 0.1) is 19.8 Å². The van der Waals surface area contributed by atoms with Gasteiger partial charge >= 0.3 is 5.97 Å². The predicted molar refractivity (Wildman–Crippen MR) is 136 cm³/mol. The summed E-state index contributed by atoms with van der Waals surface area (Å²) in [5.41, 5.74) is 9.16. The third-order valence-electron chi connectivity index (χ3n) is 6.78. The van der Waals surface area contributed by atoms with Crippen molar-refractivity contribution in [3.05, 3.63) is 82.4 Å². The lowest BCUT2D eigenvalue weighted by Gasteiger charge is -2.18. The number of ether oxygens (including phenoxy) is 2. The van der Waals surface area contributed by atoms with Crippen LogP contribution in [0.3, 0.4) is 0 Å². The Morgan fingerprint density at radius 3 is 2.44 bits per heavy atom. The Kier molecular flexibility index (Phi) is 7.23. The van der Waals surface area contributed by atoms with Gasteiger partial charge in [-0.1, -0.05) is 43.3 Å². The number of carboxylic acids is 1. The molecule has 0 aliphatic heterocycles. The van der Waals surface area contributed by atoms with Gasteiger partial charge in [0.1, 0.15) is 5.75 Å². The second kappa shape index (κ2) is 10.3. The normalized spacial score (nSPS) is 14.0. The number of benzene rings is 3. The first-order valence-electron chi connectivity index (χ1n) is 11.8. The van der Waals surface area contributed by atoms with Gasteiger partial charge in [0.2, 0.25) is 0 Å². The van der Waals surface area contributed by atoms with E-state index in [-0.39, 0.29) is 6.10 Å². The minimum Gasteiger partial charge on any atom is -0.496 e. The molecule has 0 bridgehead atoms. The number of methoxy groups -OCH3 is 1. The first-order valence-corrected chi connectivity index (χ1v) is 11.8. The van der Waals surface area contributed by atoms with E-state index in [1.807, 2.05) is 6.07 Å². The Bertz CT molecular complexity index is 1160. The average molecular weight is 460 g/mol. The van der Waals surface area contributed by atoms with Gasteiger partial charge < -0.3 is 19.9 Å². The van der Waals surface area contributed by atoms with Crippen LogP contribution in [0.2, 0.25) is 0 Å². The monoisotopic (exact) mass is 459 g/mol. The van der Waals surface area contributed by atoms with E-state index in [1.165, 1.54) is 16.7 Å². The molecule has 0 fully saturated rings. The molecular formula is C29H33NO4. The maximum atomic E-state index is 11.2. The van der Waals surface area contributed by atoms with E-state index in [1.54, 1.807) is 14.0 Å². The molecule has 178 valence electrons. The Morgan fingerprint density at radius 1 is 1.09 bits per heavy atom. The summed E-state index contributed by atoms with van der Waals surface area (Å²) in [6.07, 6.45) is 2.01. The molecule has 0 heterocycles. The van der Waals surface area contributed by atoms with Crippen molar-refractivity contribution in [2.24, 2.45) is 5.92 Å². The molecule has 0 amide bonds. The second-order valence-electron chi connectivity index (χ2n) is 9.22. The molecule has 1 atom stereocenters. The highest BCUT2D eigenvalue weighted by atomic mass is 16.5. The SMILES string of the molecule is COc1cc(-c2ccc(NCC(C)C(=O)O)cc2COC2Cc3ccccc3C2)cc(C)c1C. The smallest absolute Gasteiger partial charge is 0.308 e. The third kappa shape index (κ3) is 5.26. The van der Waals surface area contributed by atoms with Crippen molar-refractivity contribution in [1.29, 1.82) is 0 Å². The summed E-state index contributed by atoms with van der Waals surface area (Å²) < 4.78 is 12.0. The van der Waals surface area contributed by atoms with Crippen molar-refractivity contribution in [3.8, 4) is 16.9 Å². The van der Waals surface area contributed by atoms with E-state index in [0.29, 0.717) is 13.2 Å². The maximum absolute atomic E-state index is 11.2. The standard InChI is InChI=1S/C29H33NO4/c1-18-11-23(15-28(33-4)20(18)3)27-10-9-25(30-16-19(2)29(31)32)12-24(27)17-34-26-13-21-7-5-6-8-22(21)14-26/h5-12,15,19,26,30H,13-14,16-17H2,1-4H3,(H,31,32). The van der Waals surface area contributed by atoms with Gasteiger partial charge in [0.15, 0.2) is 0 Å². The molecule has 34 heavy (non-hydrogen) atoms. The van der Waals surface area contributed by atoms with Gasteiger partial charge in [-0.2, -0.15) is 0 Å². The third-order valence-corrected chi connectivity index (χ3v) is 6.78. The van der Waals surface area contributed by atoms with Crippen LogP contribution in [-0.4, -0.2) is 30.8 Å². The van der Waals surface area contributed by atoms with E-state index < -0.39 is 11.9 Å². The molecule has 5 heteroatoms. The van der Waals surface area contributed by atoms with Gasteiger partial charge in [0.05, 0.1) is 25.7 Å². The van der Waals surface area contributed by atoms with Crippen molar-refractivity contribution in [3.63, 3.8) is 0 Å². The highest BCUT2D eigenvalue weighted by Gasteiger charge is 2.22. The molecule has 1 aliphatic carbocycles. The first-order chi connectivity index (χ1) is 16.4. The quantitative estimate of drug-likeness (QED) is 0.424. The van der Waals surface area contributed by atoms with Crippen LogP contribution in [0.25, 0.3) is 11.1 Å². The molecule has 0 spiro atoms. The van der Waals surface area contributed by atoms with Gasteiger partial charge in [0, 0.05) is 12.2 Å². The number of aryl methyl sites for hydroxylation is 1. The van der Waals surface area contributed by atoms with Crippen molar-refractivity contribution in [2.75, 3.05) is 19.0 Å². The number of anilines is 1. The number of hydrogen-bond acceptors (Lipinski definition) is 4. The number of aliphatic carboxylic acids is 1.